The summed E-state index contributed by atoms with van der Waals surface area (Å²) in [6.07, 6.45) is 0. The summed E-state index contributed by atoms with van der Waals surface area (Å²) in [6, 6.07) is 3.86. The Morgan fingerprint density at radius 2 is 1.50 bits per heavy atom. The highest BCUT2D eigenvalue weighted by molar-refractivity contribution is 8.04. The van der Waals surface area contributed by atoms with Crippen LogP contribution in [0.25, 0.3) is 0 Å². The van der Waals surface area contributed by atoms with Crippen LogP contribution in [0.1, 0.15) is 11.1 Å². The van der Waals surface area contributed by atoms with E-state index in [-0.39, 0.29) is 0 Å². The number of hydrogen-bond donors (Lipinski definition) is 0. The maximum absolute atomic E-state index is 8.60. The highest BCUT2D eigenvalue weighted by atomic mass is 32.2. The molecule has 0 spiro atoms. The van der Waals surface area contributed by atoms with Crippen molar-refractivity contribution in [1.82, 2.24) is 0 Å². The summed E-state index contributed by atoms with van der Waals surface area (Å²) in [5, 5.41) is 21.2. The van der Waals surface area contributed by atoms with Gasteiger partial charge in [-0.25, -0.2) is 0 Å². The summed E-state index contributed by atoms with van der Waals surface area (Å²) in [6.45, 7) is 3.90. The zero-order chi connectivity index (χ0) is 10.6. The second-order valence-corrected chi connectivity index (χ2v) is 4.43. The fourth-order valence-electron chi connectivity index (χ4n) is 1.23. The number of thioether (sulfide) groups is 2. The van der Waals surface area contributed by atoms with Crippen molar-refractivity contribution >= 4 is 23.5 Å². The van der Waals surface area contributed by atoms with Crippen LogP contribution in [-0.2, 0) is 0 Å². The van der Waals surface area contributed by atoms with E-state index in [1.54, 1.807) is 0 Å². The van der Waals surface area contributed by atoms with Gasteiger partial charge in [0.05, 0.1) is 0 Å². The van der Waals surface area contributed by atoms with Crippen LogP contribution in [0, 0.1) is 35.2 Å². The molecule has 0 saturated carbocycles. The molecule has 0 radical (unpaired) electrons. The number of rotatable bonds is 2. The van der Waals surface area contributed by atoms with E-state index in [4.69, 9.17) is 10.5 Å². The van der Waals surface area contributed by atoms with Gasteiger partial charge in [0.2, 0.25) is 0 Å². The van der Waals surface area contributed by atoms with E-state index in [1.165, 1.54) is 11.8 Å². The predicted molar refractivity (Wildman–Crippen MR) is 58.9 cm³/mol. The van der Waals surface area contributed by atoms with Gasteiger partial charge in [-0.15, -0.1) is 0 Å². The van der Waals surface area contributed by atoms with E-state index < -0.39 is 0 Å². The van der Waals surface area contributed by atoms with E-state index >= 15 is 0 Å². The quantitative estimate of drug-likeness (QED) is 0.565. The van der Waals surface area contributed by atoms with Crippen molar-refractivity contribution < 1.29 is 0 Å². The largest absolute Gasteiger partial charge is 0.185 e. The Kier molecular flexibility index (Phi) is 3.88. The molecule has 0 fully saturated rings. The van der Waals surface area contributed by atoms with Crippen molar-refractivity contribution in [1.29, 1.82) is 10.5 Å². The Morgan fingerprint density at radius 3 is 1.93 bits per heavy atom. The lowest BCUT2D eigenvalue weighted by Gasteiger charge is -2.06. The Hall–Kier alpha value is -1.10. The lowest BCUT2D eigenvalue weighted by molar-refractivity contribution is 1.17. The molecule has 1 aromatic carbocycles. The first kappa shape index (κ1) is 11.0. The minimum Gasteiger partial charge on any atom is -0.185 e. The number of hydrogen-bond acceptors (Lipinski definition) is 4. The second-order valence-electron chi connectivity index (χ2n) is 2.77. The lowest BCUT2D eigenvalue weighted by atomic mass is 10.1. The van der Waals surface area contributed by atoms with Crippen molar-refractivity contribution in [2.45, 2.75) is 23.6 Å². The molecule has 2 nitrogen and oxygen atoms in total. The smallest absolute Gasteiger partial charge is 0.138 e. The monoisotopic (exact) mass is 220 g/mol. The topological polar surface area (TPSA) is 47.6 Å². The molecule has 0 aliphatic heterocycles. The minimum absolute atomic E-state index is 0.935. The average molecular weight is 220 g/mol. The maximum Gasteiger partial charge on any atom is 0.138 e. The predicted octanol–water partition coefficient (Wildman–Crippen LogP) is 3.45. The van der Waals surface area contributed by atoms with Crippen molar-refractivity contribution in [3.8, 4) is 10.8 Å². The van der Waals surface area contributed by atoms with Gasteiger partial charge in [0, 0.05) is 9.79 Å². The van der Waals surface area contributed by atoms with Crippen LogP contribution in [-0.4, -0.2) is 0 Å². The first-order chi connectivity index (χ1) is 6.69. The maximum atomic E-state index is 8.60. The van der Waals surface area contributed by atoms with Gasteiger partial charge in [0.15, 0.2) is 0 Å². The third-order valence-corrected chi connectivity index (χ3v) is 3.25. The normalized spacial score (nSPS) is 9.14. The van der Waals surface area contributed by atoms with Gasteiger partial charge in [-0.1, -0.05) is 0 Å². The number of thiocyanates is 2. The first-order valence-electron chi connectivity index (χ1n) is 3.92. The van der Waals surface area contributed by atoms with Crippen LogP contribution in [0.2, 0.25) is 0 Å². The van der Waals surface area contributed by atoms with E-state index in [9.17, 15) is 0 Å². The molecule has 4 heteroatoms. The Labute approximate surface area is 91.9 Å². The van der Waals surface area contributed by atoms with E-state index in [1.807, 2.05) is 31.4 Å². The zero-order valence-electron chi connectivity index (χ0n) is 7.87. The molecule has 1 rings (SSSR count). The molecule has 14 heavy (non-hydrogen) atoms. The molecule has 0 aromatic heterocycles. The Morgan fingerprint density at radius 1 is 1.00 bits per heavy atom. The first-order valence-corrected chi connectivity index (χ1v) is 5.55. The van der Waals surface area contributed by atoms with Gasteiger partial charge in [-0.3, -0.25) is 0 Å². The number of benzene rings is 1. The summed E-state index contributed by atoms with van der Waals surface area (Å²) in [5.74, 6) is 0. The van der Waals surface area contributed by atoms with Gasteiger partial charge in [-0.05, 0) is 60.6 Å². The third-order valence-electron chi connectivity index (χ3n) is 1.75. The van der Waals surface area contributed by atoms with Gasteiger partial charge >= 0.3 is 0 Å². The van der Waals surface area contributed by atoms with E-state index in [0.29, 0.717) is 0 Å². The van der Waals surface area contributed by atoms with Crippen molar-refractivity contribution in [3.05, 3.63) is 23.3 Å². The highest BCUT2D eigenvalue weighted by Crippen LogP contribution is 2.30. The van der Waals surface area contributed by atoms with Crippen LogP contribution >= 0.6 is 23.5 Å². The van der Waals surface area contributed by atoms with Gasteiger partial charge in [0.25, 0.3) is 0 Å². The second kappa shape index (κ2) is 4.95. The number of nitriles is 2. The van der Waals surface area contributed by atoms with Crippen molar-refractivity contribution in [2.24, 2.45) is 0 Å². The third kappa shape index (κ3) is 2.45. The molecule has 0 unspecified atom stereocenters. The number of nitrogens with zero attached hydrogens (tertiary/aromatic N) is 2. The highest BCUT2D eigenvalue weighted by Gasteiger charge is 2.05. The lowest BCUT2D eigenvalue weighted by Crippen LogP contribution is -1.85. The van der Waals surface area contributed by atoms with Crippen LogP contribution < -0.4 is 0 Å². The molecule has 1 aromatic rings. The fraction of sp³-hybridized carbons (Fsp3) is 0.200. The van der Waals surface area contributed by atoms with Gasteiger partial charge in [0.1, 0.15) is 10.8 Å². The summed E-state index contributed by atoms with van der Waals surface area (Å²) < 4.78 is 0. The number of aryl methyl sites for hydroxylation is 2. The van der Waals surface area contributed by atoms with E-state index in [0.717, 1.165) is 32.7 Å². The van der Waals surface area contributed by atoms with Crippen molar-refractivity contribution in [3.63, 3.8) is 0 Å². The molecule has 0 saturated heterocycles. The van der Waals surface area contributed by atoms with Crippen LogP contribution in [0.15, 0.2) is 21.9 Å². The van der Waals surface area contributed by atoms with Crippen molar-refractivity contribution in [2.75, 3.05) is 0 Å². The molecule has 0 aliphatic rings. The van der Waals surface area contributed by atoms with Crippen LogP contribution in [0.3, 0.4) is 0 Å². The Balaban J connectivity index is 3.14. The SMILES string of the molecule is Cc1cc(SC#N)cc(C)c1SC#N. The summed E-state index contributed by atoms with van der Waals surface area (Å²) in [7, 11) is 0. The van der Waals surface area contributed by atoms with Gasteiger partial charge in [-0.2, -0.15) is 10.5 Å². The van der Waals surface area contributed by atoms with Gasteiger partial charge < -0.3 is 0 Å². The molecule has 0 heterocycles. The molecule has 0 bridgehead atoms. The average Bonchev–Trinajstić information content (AvgIpc) is 2.12. The molecular weight excluding hydrogens is 212 g/mol. The molecular formula is C10H8N2S2. The molecule has 0 N–H and O–H groups in total. The fourth-order valence-corrected chi connectivity index (χ4v) is 2.34. The minimum atomic E-state index is 0.935. The summed E-state index contributed by atoms with van der Waals surface area (Å²) >= 11 is 2.31. The zero-order valence-corrected chi connectivity index (χ0v) is 9.50. The summed E-state index contributed by atoms with van der Waals surface area (Å²) in [4.78, 5) is 1.93. The van der Waals surface area contributed by atoms with Crippen LogP contribution in [0.5, 0.6) is 0 Å². The molecule has 0 amide bonds. The van der Waals surface area contributed by atoms with E-state index in [2.05, 4.69) is 5.40 Å². The summed E-state index contributed by atoms with van der Waals surface area (Å²) in [5.41, 5.74) is 2.10. The Bertz CT molecular complexity index is 404. The van der Waals surface area contributed by atoms with Crippen LogP contribution in [0.4, 0.5) is 0 Å². The molecule has 70 valence electrons. The molecule has 0 aliphatic carbocycles. The standard InChI is InChI=1S/C10H8N2S2/c1-7-3-9(13-5-11)4-8(2)10(7)14-6-12/h3-4H,1-2H3. The molecule has 0 atom stereocenters.